The molecule has 1 unspecified atom stereocenters. The lowest BCUT2D eigenvalue weighted by molar-refractivity contribution is 0.706. The van der Waals surface area contributed by atoms with Gasteiger partial charge in [0.15, 0.2) is 0 Å². The third-order valence-electron chi connectivity index (χ3n) is 5.50. The lowest BCUT2D eigenvalue weighted by Crippen LogP contribution is -2.19. The Bertz CT molecular complexity index is 935. The van der Waals surface area contributed by atoms with Gasteiger partial charge in [-0.1, -0.05) is 67.1 Å². The zero-order valence-electron chi connectivity index (χ0n) is 17.3. The van der Waals surface area contributed by atoms with Gasteiger partial charge in [0.05, 0.1) is 17.4 Å². The van der Waals surface area contributed by atoms with Gasteiger partial charge in [-0.25, -0.2) is 0 Å². The van der Waals surface area contributed by atoms with Gasteiger partial charge >= 0.3 is 0 Å². The largest absolute Gasteiger partial charge is 0.397 e. The van der Waals surface area contributed by atoms with Gasteiger partial charge in [0, 0.05) is 6.54 Å². The standard InChI is InChI=1S/C25H31N3/c1-5-17(3)14-15-22(26)23(6-2)28-16-18-10-9-13-21-24(18)19-11-7-8-12-20(19)25(21)27-4/h6-15,25,27-28H,5,16,26H2,1-4H3/b17-14?,22-15+,23-6+. The fraction of sp³-hybridized carbons (Fsp3) is 0.280. The average Bonchev–Trinajstić information content (AvgIpc) is 3.06. The van der Waals surface area contributed by atoms with Crippen molar-refractivity contribution in [3.63, 3.8) is 0 Å². The van der Waals surface area contributed by atoms with Crippen LogP contribution in [-0.2, 0) is 6.54 Å². The molecule has 0 aliphatic heterocycles. The zero-order chi connectivity index (χ0) is 20.1. The third-order valence-corrected chi connectivity index (χ3v) is 5.50. The lowest BCUT2D eigenvalue weighted by Gasteiger charge is -2.15. The van der Waals surface area contributed by atoms with Crippen molar-refractivity contribution >= 4 is 0 Å². The fourth-order valence-corrected chi connectivity index (χ4v) is 3.79. The van der Waals surface area contributed by atoms with Crippen molar-refractivity contribution < 1.29 is 0 Å². The number of benzene rings is 2. The zero-order valence-corrected chi connectivity index (χ0v) is 17.3. The summed E-state index contributed by atoms with van der Waals surface area (Å²) in [6.07, 6.45) is 7.15. The van der Waals surface area contributed by atoms with Crippen LogP contribution in [0.3, 0.4) is 0 Å². The maximum Gasteiger partial charge on any atom is 0.0586 e. The Morgan fingerprint density at radius 2 is 1.82 bits per heavy atom. The number of rotatable bonds is 7. The van der Waals surface area contributed by atoms with Crippen LogP contribution in [-0.4, -0.2) is 7.05 Å². The molecule has 0 bridgehead atoms. The van der Waals surface area contributed by atoms with Crippen LogP contribution in [0, 0.1) is 0 Å². The average molecular weight is 374 g/mol. The highest BCUT2D eigenvalue weighted by Crippen LogP contribution is 2.44. The molecule has 1 aliphatic carbocycles. The predicted octanol–water partition coefficient (Wildman–Crippen LogP) is 5.17. The number of nitrogens with one attached hydrogen (secondary N) is 2. The Labute approximate surface area is 169 Å². The Hall–Kier alpha value is -2.78. The van der Waals surface area contributed by atoms with Gasteiger partial charge in [0.1, 0.15) is 0 Å². The fourth-order valence-electron chi connectivity index (χ4n) is 3.79. The first-order valence-electron chi connectivity index (χ1n) is 10.0. The second-order valence-corrected chi connectivity index (χ2v) is 7.23. The highest BCUT2D eigenvalue weighted by atomic mass is 14.9. The second kappa shape index (κ2) is 8.94. The summed E-state index contributed by atoms with van der Waals surface area (Å²) in [7, 11) is 2.02. The van der Waals surface area contributed by atoms with Gasteiger partial charge in [-0.05, 0) is 61.2 Å². The number of hydrogen-bond acceptors (Lipinski definition) is 3. The summed E-state index contributed by atoms with van der Waals surface area (Å²) < 4.78 is 0. The van der Waals surface area contributed by atoms with E-state index in [1.54, 1.807) is 0 Å². The van der Waals surface area contributed by atoms with E-state index in [0.29, 0.717) is 0 Å². The molecule has 0 heterocycles. The molecule has 1 atom stereocenters. The van der Waals surface area contributed by atoms with Crippen molar-refractivity contribution in [1.82, 2.24) is 10.6 Å². The van der Waals surface area contributed by atoms with Gasteiger partial charge in [0.2, 0.25) is 0 Å². The number of nitrogens with two attached hydrogens (primary N) is 1. The molecular formula is C25H31N3. The third kappa shape index (κ3) is 3.90. The van der Waals surface area contributed by atoms with Crippen molar-refractivity contribution in [2.24, 2.45) is 5.73 Å². The maximum atomic E-state index is 6.30. The minimum Gasteiger partial charge on any atom is -0.397 e. The van der Waals surface area contributed by atoms with Crippen LogP contribution in [0.25, 0.3) is 11.1 Å². The first-order valence-corrected chi connectivity index (χ1v) is 10.0. The van der Waals surface area contributed by atoms with Crippen molar-refractivity contribution in [3.8, 4) is 11.1 Å². The van der Waals surface area contributed by atoms with E-state index in [0.717, 1.165) is 24.4 Å². The molecule has 0 saturated carbocycles. The van der Waals surface area contributed by atoms with Gasteiger partial charge in [-0.3, -0.25) is 0 Å². The Kier molecular flexibility index (Phi) is 6.37. The van der Waals surface area contributed by atoms with Crippen LogP contribution in [0.2, 0.25) is 0 Å². The van der Waals surface area contributed by atoms with Crippen LogP contribution in [0.4, 0.5) is 0 Å². The minimum absolute atomic E-state index is 0.249. The summed E-state index contributed by atoms with van der Waals surface area (Å²) in [5.41, 5.74) is 16.0. The van der Waals surface area contributed by atoms with Gasteiger partial charge < -0.3 is 16.4 Å². The quantitative estimate of drug-likeness (QED) is 0.587. The molecule has 4 N–H and O–H groups in total. The topological polar surface area (TPSA) is 50.1 Å². The van der Waals surface area contributed by atoms with Gasteiger partial charge in [0.25, 0.3) is 0 Å². The normalized spacial score (nSPS) is 16.7. The highest BCUT2D eigenvalue weighted by molar-refractivity contribution is 5.81. The van der Waals surface area contributed by atoms with E-state index in [2.05, 4.69) is 73.0 Å². The smallest absolute Gasteiger partial charge is 0.0586 e. The van der Waals surface area contributed by atoms with Gasteiger partial charge in [-0.15, -0.1) is 0 Å². The van der Waals surface area contributed by atoms with E-state index in [4.69, 9.17) is 5.73 Å². The van der Waals surface area contributed by atoms with Crippen molar-refractivity contribution in [2.45, 2.75) is 39.8 Å². The summed E-state index contributed by atoms with van der Waals surface area (Å²) in [6.45, 7) is 7.02. The monoisotopic (exact) mass is 373 g/mol. The van der Waals surface area contributed by atoms with E-state index in [-0.39, 0.29) is 6.04 Å². The van der Waals surface area contributed by atoms with E-state index < -0.39 is 0 Å². The van der Waals surface area contributed by atoms with E-state index in [9.17, 15) is 0 Å². The van der Waals surface area contributed by atoms with Crippen molar-refractivity contribution in [2.75, 3.05) is 7.05 Å². The van der Waals surface area contributed by atoms with E-state index in [1.165, 1.54) is 33.4 Å². The predicted molar refractivity (Wildman–Crippen MR) is 120 cm³/mol. The number of allylic oxidation sites excluding steroid dienone is 4. The van der Waals surface area contributed by atoms with Crippen molar-refractivity contribution in [3.05, 3.63) is 94.4 Å². The van der Waals surface area contributed by atoms with Crippen molar-refractivity contribution in [1.29, 1.82) is 0 Å². The molecule has 3 heteroatoms. The molecule has 146 valence electrons. The molecular weight excluding hydrogens is 342 g/mol. The Morgan fingerprint density at radius 1 is 1.07 bits per heavy atom. The molecule has 0 spiro atoms. The summed E-state index contributed by atoms with van der Waals surface area (Å²) in [5.74, 6) is 0. The molecule has 2 aromatic carbocycles. The second-order valence-electron chi connectivity index (χ2n) is 7.23. The molecule has 0 saturated heterocycles. The maximum absolute atomic E-state index is 6.30. The highest BCUT2D eigenvalue weighted by Gasteiger charge is 2.28. The van der Waals surface area contributed by atoms with Crippen LogP contribution in [0.5, 0.6) is 0 Å². The Morgan fingerprint density at radius 3 is 2.54 bits per heavy atom. The lowest BCUT2D eigenvalue weighted by atomic mass is 9.99. The summed E-state index contributed by atoms with van der Waals surface area (Å²) >= 11 is 0. The minimum atomic E-state index is 0.249. The SMILES string of the molecule is C/C=C(NCc1cccc2c1-c1ccccc1C2NC)\C(N)=C/C=C(C)CC. The summed E-state index contributed by atoms with van der Waals surface area (Å²) in [6, 6.07) is 15.5. The molecule has 1 aliphatic rings. The summed E-state index contributed by atoms with van der Waals surface area (Å²) in [4.78, 5) is 0. The molecule has 0 fully saturated rings. The first kappa shape index (κ1) is 20.0. The molecule has 0 amide bonds. The first-order chi connectivity index (χ1) is 13.6. The molecule has 3 rings (SSSR count). The molecule has 2 aromatic rings. The van der Waals surface area contributed by atoms with Crippen LogP contribution >= 0.6 is 0 Å². The molecule has 0 aromatic heterocycles. The number of fused-ring (bicyclic) bond motifs is 3. The van der Waals surface area contributed by atoms with E-state index >= 15 is 0 Å². The van der Waals surface area contributed by atoms with Crippen LogP contribution < -0.4 is 16.4 Å². The summed E-state index contributed by atoms with van der Waals surface area (Å²) in [5, 5.41) is 7.00. The van der Waals surface area contributed by atoms with Crippen LogP contribution in [0.1, 0.15) is 49.9 Å². The molecule has 0 radical (unpaired) electrons. The van der Waals surface area contributed by atoms with Crippen LogP contribution in [0.15, 0.2) is 77.7 Å². The number of hydrogen-bond donors (Lipinski definition) is 3. The molecule has 28 heavy (non-hydrogen) atoms. The van der Waals surface area contributed by atoms with E-state index in [1.807, 2.05) is 26.1 Å². The Balaban J connectivity index is 1.87. The molecule has 3 nitrogen and oxygen atoms in total. The van der Waals surface area contributed by atoms with Gasteiger partial charge in [-0.2, -0.15) is 0 Å².